The highest BCUT2D eigenvalue weighted by atomic mass is 32.2. The van der Waals surface area contributed by atoms with Gasteiger partial charge in [-0.05, 0) is 24.3 Å². The smallest absolute Gasteiger partial charge is 0.338 e. The Hall–Kier alpha value is -3.29. The Balaban J connectivity index is 1.61. The lowest BCUT2D eigenvalue weighted by atomic mass is 10.2. The zero-order valence-electron chi connectivity index (χ0n) is 17.4. The van der Waals surface area contributed by atoms with Crippen LogP contribution in [0.25, 0.3) is 0 Å². The average molecular weight is 466 g/mol. The Bertz CT molecular complexity index is 1240. The third-order valence-corrected chi connectivity index (χ3v) is 6.74. The number of benzene rings is 1. The summed E-state index contributed by atoms with van der Waals surface area (Å²) < 4.78 is 38.5. The molecule has 0 radical (unpaired) electrons. The summed E-state index contributed by atoms with van der Waals surface area (Å²) in [5.41, 5.74) is -1.18. The van der Waals surface area contributed by atoms with Crippen molar-refractivity contribution in [2.24, 2.45) is 14.1 Å². The molecule has 0 saturated carbocycles. The SMILES string of the molecule is Cn1c(NC(=O)COC(=O)c2ccc(S(=O)(=O)N3CCOCC3)cc2)cc(=O)n(C)c1=O. The van der Waals surface area contributed by atoms with Gasteiger partial charge < -0.3 is 14.8 Å². The van der Waals surface area contributed by atoms with Crippen LogP contribution in [0.5, 0.6) is 0 Å². The van der Waals surface area contributed by atoms with Gasteiger partial charge in [0.15, 0.2) is 6.61 Å². The molecular formula is C19H22N4O8S. The molecule has 0 atom stereocenters. The number of anilines is 1. The van der Waals surface area contributed by atoms with Crippen LogP contribution in [0.2, 0.25) is 0 Å². The minimum absolute atomic E-state index is 0.0280. The number of hydrogen-bond acceptors (Lipinski definition) is 8. The Morgan fingerprint density at radius 2 is 1.69 bits per heavy atom. The Morgan fingerprint density at radius 3 is 2.31 bits per heavy atom. The summed E-state index contributed by atoms with van der Waals surface area (Å²) in [6.07, 6.45) is 0. The number of ether oxygens (including phenoxy) is 2. The first-order valence-electron chi connectivity index (χ1n) is 9.53. The van der Waals surface area contributed by atoms with Gasteiger partial charge in [0.25, 0.3) is 11.5 Å². The van der Waals surface area contributed by atoms with Crippen molar-refractivity contribution < 1.29 is 27.5 Å². The molecule has 1 saturated heterocycles. The molecule has 1 aromatic carbocycles. The van der Waals surface area contributed by atoms with Crippen LogP contribution in [0.1, 0.15) is 10.4 Å². The van der Waals surface area contributed by atoms with Gasteiger partial charge in [-0.2, -0.15) is 4.31 Å². The van der Waals surface area contributed by atoms with E-state index >= 15 is 0 Å². The van der Waals surface area contributed by atoms with Crippen LogP contribution in [-0.4, -0.2) is 66.6 Å². The Kier molecular flexibility index (Phi) is 6.91. The fourth-order valence-corrected chi connectivity index (χ4v) is 4.35. The predicted molar refractivity (Wildman–Crippen MR) is 112 cm³/mol. The molecule has 0 aliphatic carbocycles. The van der Waals surface area contributed by atoms with Crippen LogP contribution in [0.15, 0.2) is 44.8 Å². The van der Waals surface area contributed by atoms with Gasteiger partial charge >= 0.3 is 11.7 Å². The summed E-state index contributed by atoms with van der Waals surface area (Å²) in [5, 5.41) is 2.33. The second-order valence-corrected chi connectivity index (χ2v) is 8.87. The van der Waals surface area contributed by atoms with E-state index in [4.69, 9.17) is 9.47 Å². The molecule has 2 heterocycles. The van der Waals surface area contributed by atoms with Gasteiger partial charge in [-0.3, -0.25) is 18.7 Å². The first-order chi connectivity index (χ1) is 15.1. The van der Waals surface area contributed by atoms with E-state index in [-0.39, 0.29) is 29.4 Å². The molecule has 1 aliphatic heterocycles. The normalized spacial score (nSPS) is 14.7. The van der Waals surface area contributed by atoms with Crippen molar-refractivity contribution in [3.8, 4) is 0 Å². The van der Waals surface area contributed by atoms with E-state index < -0.39 is 39.8 Å². The number of morpholine rings is 1. The monoisotopic (exact) mass is 466 g/mol. The molecule has 1 amide bonds. The minimum atomic E-state index is -3.70. The van der Waals surface area contributed by atoms with Gasteiger partial charge in [0, 0.05) is 33.3 Å². The van der Waals surface area contributed by atoms with E-state index in [1.165, 1.54) is 42.7 Å². The van der Waals surface area contributed by atoms with Crippen molar-refractivity contribution in [2.75, 3.05) is 38.2 Å². The van der Waals surface area contributed by atoms with Crippen molar-refractivity contribution in [3.05, 3.63) is 56.7 Å². The number of amides is 1. The van der Waals surface area contributed by atoms with Crippen LogP contribution in [-0.2, 0) is 38.4 Å². The maximum Gasteiger partial charge on any atom is 0.338 e. The second-order valence-electron chi connectivity index (χ2n) is 6.93. The van der Waals surface area contributed by atoms with Gasteiger partial charge in [0.1, 0.15) is 5.82 Å². The molecule has 0 bridgehead atoms. The number of hydrogen-bond donors (Lipinski definition) is 1. The number of sulfonamides is 1. The van der Waals surface area contributed by atoms with E-state index in [2.05, 4.69) is 5.32 Å². The number of carbonyl (C=O) groups is 2. The number of carbonyl (C=O) groups excluding carboxylic acids is 2. The zero-order chi connectivity index (χ0) is 23.5. The number of nitrogens with one attached hydrogen (secondary N) is 1. The standard InChI is InChI=1S/C19H22N4O8S/c1-21-15(11-17(25)22(2)19(21)27)20-16(24)12-31-18(26)13-3-5-14(6-4-13)32(28,29)23-7-9-30-10-8-23/h3-6,11H,7-10,12H2,1-2H3,(H,20,24). The third-order valence-electron chi connectivity index (χ3n) is 4.83. The molecule has 13 heteroatoms. The first kappa shape index (κ1) is 23.4. The van der Waals surface area contributed by atoms with Crippen molar-refractivity contribution in [1.29, 1.82) is 0 Å². The number of esters is 1. The average Bonchev–Trinajstić information content (AvgIpc) is 2.80. The summed E-state index contributed by atoms with van der Waals surface area (Å²) in [7, 11) is -1.03. The van der Waals surface area contributed by atoms with Crippen LogP contribution < -0.4 is 16.6 Å². The molecule has 1 fully saturated rings. The van der Waals surface area contributed by atoms with Crippen LogP contribution in [0.4, 0.5) is 5.82 Å². The van der Waals surface area contributed by atoms with Crippen molar-refractivity contribution in [2.45, 2.75) is 4.90 Å². The van der Waals surface area contributed by atoms with Gasteiger partial charge in [-0.25, -0.2) is 18.0 Å². The molecule has 1 aliphatic rings. The number of aromatic nitrogens is 2. The van der Waals surface area contributed by atoms with E-state index in [0.717, 1.165) is 15.2 Å². The summed E-state index contributed by atoms with van der Waals surface area (Å²) in [6, 6.07) is 6.22. The van der Waals surface area contributed by atoms with E-state index in [1.54, 1.807) is 0 Å². The summed E-state index contributed by atoms with van der Waals surface area (Å²) >= 11 is 0. The third kappa shape index (κ3) is 4.95. The highest BCUT2D eigenvalue weighted by molar-refractivity contribution is 7.89. The van der Waals surface area contributed by atoms with Crippen LogP contribution in [0, 0.1) is 0 Å². The zero-order valence-corrected chi connectivity index (χ0v) is 18.3. The van der Waals surface area contributed by atoms with Gasteiger partial charge in [-0.1, -0.05) is 0 Å². The molecule has 172 valence electrons. The van der Waals surface area contributed by atoms with Gasteiger partial charge in [0.2, 0.25) is 10.0 Å². The molecule has 3 rings (SSSR count). The topological polar surface area (TPSA) is 146 Å². The van der Waals surface area contributed by atoms with Crippen molar-refractivity contribution >= 4 is 27.7 Å². The highest BCUT2D eigenvalue weighted by Gasteiger charge is 2.26. The summed E-state index contributed by atoms with van der Waals surface area (Å²) in [4.78, 5) is 47.9. The molecule has 1 aromatic heterocycles. The lowest BCUT2D eigenvalue weighted by molar-refractivity contribution is -0.119. The first-order valence-corrected chi connectivity index (χ1v) is 11.0. The Morgan fingerprint density at radius 1 is 1.06 bits per heavy atom. The van der Waals surface area contributed by atoms with Crippen molar-refractivity contribution in [1.82, 2.24) is 13.4 Å². The van der Waals surface area contributed by atoms with Crippen LogP contribution >= 0.6 is 0 Å². The Labute approximate surface area is 183 Å². The lowest BCUT2D eigenvalue weighted by Gasteiger charge is -2.26. The second kappa shape index (κ2) is 9.46. The summed E-state index contributed by atoms with van der Waals surface area (Å²) in [6.45, 7) is 0.464. The molecule has 0 spiro atoms. The predicted octanol–water partition coefficient (Wildman–Crippen LogP) is -1.10. The molecule has 2 aromatic rings. The van der Waals surface area contributed by atoms with E-state index in [1.807, 2.05) is 0 Å². The summed E-state index contributed by atoms with van der Waals surface area (Å²) in [5.74, 6) is -1.64. The largest absolute Gasteiger partial charge is 0.452 e. The highest BCUT2D eigenvalue weighted by Crippen LogP contribution is 2.18. The molecule has 0 unspecified atom stereocenters. The quantitative estimate of drug-likeness (QED) is 0.528. The van der Waals surface area contributed by atoms with Crippen molar-refractivity contribution in [3.63, 3.8) is 0 Å². The fourth-order valence-electron chi connectivity index (χ4n) is 2.95. The van der Waals surface area contributed by atoms with Gasteiger partial charge in [-0.15, -0.1) is 0 Å². The van der Waals surface area contributed by atoms with E-state index in [9.17, 15) is 27.6 Å². The lowest BCUT2D eigenvalue weighted by Crippen LogP contribution is -2.40. The minimum Gasteiger partial charge on any atom is -0.452 e. The maximum atomic E-state index is 12.6. The molecule has 1 N–H and O–H groups in total. The van der Waals surface area contributed by atoms with Gasteiger partial charge in [0.05, 0.1) is 23.7 Å². The molecular weight excluding hydrogens is 444 g/mol. The molecule has 32 heavy (non-hydrogen) atoms. The fraction of sp³-hybridized carbons (Fsp3) is 0.368. The maximum absolute atomic E-state index is 12.6. The molecule has 12 nitrogen and oxygen atoms in total. The van der Waals surface area contributed by atoms with Crippen LogP contribution in [0.3, 0.4) is 0 Å². The number of nitrogens with zero attached hydrogens (tertiary/aromatic N) is 3. The van der Waals surface area contributed by atoms with E-state index in [0.29, 0.717) is 13.2 Å². The number of rotatable bonds is 6.